The van der Waals surface area contributed by atoms with E-state index < -0.39 is 35.5 Å². The lowest BCUT2D eigenvalue weighted by molar-refractivity contribution is -0.140. The van der Waals surface area contributed by atoms with Crippen molar-refractivity contribution < 1.29 is 33.8 Å². The topological polar surface area (TPSA) is 110 Å². The fourth-order valence-corrected chi connectivity index (χ4v) is 3.68. The predicted octanol–water partition coefficient (Wildman–Crippen LogP) is 3.36. The van der Waals surface area contributed by atoms with Crippen molar-refractivity contribution in [3.8, 4) is 0 Å². The van der Waals surface area contributed by atoms with Crippen LogP contribution in [0, 0.1) is 0 Å². The van der Waals surface area contributed by atoms with Gasteiger partial charge in [-0.05, 0) is 58.7 Å². The monoisotopic (exact) mass is 423 g/mol. The second-order valence-corrected chi connectivity index (χ2v) is 8.60. The van der Waals surface area contributed by atoms with Crippen LogP contribution in [-0.2, 0) is 19.1 Å². The quantitative estimate of drug-likeness (QED) is 0.323. The number of thiophene rings is 1. The molecule has 1 aromatic rings. The minimum Gasteiger partial charge on any atom is -0.477 e. The van der Waals surface area contributed by atoms with Gasteiger partial charge in [0.1, 0.15) is 16.1 Å². The van der Waals surface area contributed by atoms with Crippen LogP contribution in [0.5, 0.6) is 0 Å². The van der Waals surface area contributed by atoms with Crippen LogP contribution in [0.2, 0.25) is 0 Å². The van der Waals surface area contributed by atoms with Crippen molar-refractivity contribution in [2.75, 3.05) is 13.2 Å². The number of carboxylic acids is 1. The first-order chi connectivity index (χ1) is 13.5. The maximum Gasteiger partial charge on any atom is 0.410 e. The molecule has 1 aliphatic heterocycles. The van der Waals surface area contributed by atoms with Gasteiger partial charge in [0, 0.05) is 11.4 Å². The number of carbonyl (C=O) groups excluding carboxylic acids is 3. The number of ether oxygens (including phenoxy) is 2. The average molecular weight is 423 g/mol. The van der Waals surface area contributed by atoms with Crippen LogP contribution in [0.1, 0.15) is 55.1 Å². The molecule has 0 saturated carbocycles. The summed E-state index contributed by atoms with van der Waals surface area (Å²) in [4.78, 5) is 51.0. The molecule has 1 N–H and O–H groups in total. The van der Waals surface area contributed by atoms with Crippen LogP contribution in [0.4, 0.5) is 4.79 Å². The number of hydrogen-bond acceptors (Lipinski definition) is 7. The molecule has 1 atom stereocenters. The molecular formula is C20H25NO7S. The zero-order chi connectivity index (χ0) is 21.8. The van der Waals surface area contributed by atoms with Crippen LogP contribution >= 0.6 is 11.3 Å². The fraction of sp³-hybridized carbons (Fsp3) is 0.500. The Morgan fingerprint density at radius 2 is 1.97 bits per heavy atom. The van der Waals surface area contributed by atoms with E-state index in [1.165, 1.54) is 23.1 Å². The number of nitrogens with zero attached hydrogens (tertiary/aromatic N) is 1. The van der Waals surface area contributed by atoms with Crippen molar-refractivity contribution >= 4 is 41.2 Å². The Balaban J connectivity index is 2.33. The minimum absolute atomic E-state index is 0.0781. The van der Waals surface area contributed by atoms with Crippen LogP contribution in [0.25, 0.3) is 6.08 Å². The first-order valence-electron chi connectivity index (χ1n) is 9.29. The van der Waals surface area contributed by atoms with E-state index in [1.807, 2.05) is 0 Å². The van der Waals surface area contributed by atoms with Gasteiger partial charge >= 0.3 is 18.0 Å². The van der Waals surface area contributed by atoms with E-state index in [0.29, 0.717) is 24.3 Å². The molecule has 0 radical (unpaired) electrons. The molecule has 1 aromatic heterocycles. The standard InChI is InChI=1S/C20H25NO7S/c1-5-27-18(25)13(11-12-8-9-15(29-12)17(23)24)16(22)14-7-6-10-21(14)19(26)28-20(2,3)4/h8-9,11,14H,5-7,10H2,1-4H3,(H,23,24)/b13-11-/t14-/m0/s1. The Labute approximate surface area is 173 Å². The Kier molecular flexibility index (Phi) is 7.18. The number of Topliss-reactive ketones (excluding diaryl/α,β-unsaturated/α-hetero) is 1. The summed E-state index contributed by atoms with van der Waals surface area (Å²) in [7, 11) is 0. The van der Waals surface area contributed by atoms with Crippen LogP contribution < -0.4 is 0 Å². The molecule has 0 aromatic carbocycles. The molecule has 2 rings (SSSR count). The zero-order valence-electron chi connectivity index (χ0n) is 16.9. The number of ketones is 1. The van der Waals surface area contributed by atoms with E-state index in [2.05, 4.69) is 0 Å². The first kappa shape index (κ1) is 22.6. The molecule has 0 bridgehead atoms. The Hall–Kier alpha value is -2.68. The van der Waals surface area contributed by atoms with Gasteiger partial charge < -0.3 is 14.6 Å². The highest BCUT2D eigenvalue weighted by atomic mass is 32.1. The van der Waals surface area contributed by atoms with Gasteiger partial charge in [0.2, 0.25) is 0 Å². The summed E-state index contributed by atoms with van der Waals surface area (Å²) in [5.41, 5.74) is -0.928. The summed E-state index contributed by atoms with van der Waals surface area (Å²) in [5.74, 6) is -2.44. The summed E-state index contributed by atoms with van der Waals surface area (Å²) in [6, 6.07) is 2.08. The molecule has 1 amide bonds. The number of rotatable bonds is 6. The summed E-state index contributed by atoms with van der Waals surface area (Å²) in [6.07, 6.45) is 1.72. The van der Waals surface area contributed by atoms with Gasteiger partial charge in [0.05, 0.1) is 12.6 Å². The number of carboxylic acid groups (broad SMARTS) is 1. The number of hydrogen-bond donors (Lipinski definition) is 1. The molecule has 29 heavy (non-hydrogen) atoms. The highest BCUT2D eigenvalue weighted by Crippen LogP contribution is 2.26. The molecule has 2 heterocycles. The van der Waals surface area contributed by atoms with Crippen molar-refractivity contribution in [2.45, 2.75) is 52.2 Å². The van der Waals surface area contributed by atoms with Crippen molar-refractivity contribution in [3.05, 3.63) is 27.5 Å². The van der Waals surface area contributed by atoms with E-state index in [-0.39, 0.29) is 17.1 Å². The molecule has 1 fully saturated rings. The van der Waals surface area contributed by atoms with Crippen LogP contribution in [0.15, 0.2) is 17.7 Å². The molecule has 0 unspecified atom stereocenters. The summed E-state index contributed by atoms with van der Waals surface area (Å²) in [5, 5.41) is 9.07. The smallest absolute Gasteiger partial charge is 0.410 e. The van der Waals surface area contributed by atoms with E-state index in [1.54, 1.807) is 27.7 Å². The highest BCUT2D eigenvalue weighted by molar-refractivity contribution is 7.14. The lowest BCUT2D eigenvalue weighted by atomic mass is 10.0. The maximum atomic E-state index is 13.2. The van der Waals surface area contributed by atoms with E-state index in [4.69, 9.17) is 14.6 Å². The molecule has 0 spiro atoms. The third-order valence-electron chi connectivity index (χ3n) is 4.07. The molecule has 9 heteroatoms. The number of carbonyl (C=O) groups is 4. The van der Waals surface area contributed by atoms with Gasteiger partial charge in [0.25, 0.3) is 0 Å². The second-order valence-electron chi connectivity index (χ2n) is 7.48. The molecular weight excluding hydrogens is 398 g/mol. The minimum atomic E-state index is -1.09. The molecule has 158 valence electrons. The van der Waals surface area contributed by atoms with Crippen molar-refractivity contribution in [1.82, 2.24) is 4.90 Å². The molecule has 1 saturated heterocycles. The predicted molar refractivity (Wildman–Crippen MR) is 107 cm³/mol. The van der Waals surface area contributed by atoms with E-state index in [0.717, 1.165) is 11.3 Å². The Bertz CT molecular complexity index is 834. The van der Waals surface area contributed by atoms with Crippen molar-refractivity contribution in [3.63, 3.8) is 0 Å². The Morgan fingerprint density at radius 3 is 2.52 bits per heavy atom. The third-order valence-corrected chi connectivity index (χ3v) is 5.09. The number of amides is 1. The molecule has 1 aliphatic rings. The van der Waals surface area contributed by atoms with Crippen LogP contribution in [0.3, 0.4) is 0 Å². The summed E-state index contributed by atoms with van der Waals surface area (Å²) < 4.78 is 10.4. The number of likely N-dealkylation sites (tertiary alicyclic amines) is 1. The zero-order valence-corrected chi connectivity index (χ0v) is 17.7. The second kappa shape index (κ2) is 9.21. The number of aromatic carboxylic acids is 1. The fourth-order valence-electron chi connectivity index (χ4n) is 2.88. The van der Waals surface area contributed by atoms with Crippen LogP contribution in [-0.4, -0.2) is 58.6 Å². The van der Waals surface area contributed by atoms with Gasteiger partial charge in [-0.25, -0.2) is 14.4 Å². The largest absolute Gasteiger partial charge is 0.477 e. The Morgan fingerprint density at radius 1 is 1.28 bits per heavy atom. The SMILES string of the molecule is CCOC(=O)/C(=C\c1ccc(C(=O)O)s1)C(=O)[C@@H]1CCCN1C(=O)OC(C)(C)C. The van der Waals surface area contributed by atoms with Crippen molar-refractivity contribution in [2.24, 2.45) is 0 Å². The van der Waals surface area contributed by atoms with Gasteiger partial charge in [-0.2, -0.15) is 0 Å². The normalized spacial score (nSPS) is 17.2. The van der Waals surface area contributed by atoms with Gasteiger partial charge in [-0.3, -0.25) is 9.69 Å². The van der Waals surface area contributed by atoms with E-state index >= 15 is 0 Å². The summed E-state index contributed by atoms with van der Waals surface area (Å²) in [6.45, 7) is 7.25. The van der Waals surface area contributed by atoms with E-state index in [9.17, 15) is 19.2 Å². The van der Waals surface area contributed by atoms with Gasteiger partial charge in [-0.15, -0.1) is 11.3 Å². The first-order valence-corrected chi connectivity index (χ1v) is 10.1. The van der Waals surface area contributed by atoms with Gasteiger partial charge in [0.15, 0.2) is 5.78 Å². The average Bonchev–Trinajstić information content (AvgIpc) is 3.27. The third kappa shape index (κ3) is 5.90. The lowest BCUT2D eigenvalue weighted by Gasteiger charge is -2.28. The maximum absolute atomic E-state index is 13.2. The number of esters is 1. The molecule has 8 nitrogen and oxygen atoms in total. The van der Waals surface area contributed by atoms with Crippen molar-refractivity contribution in [1.29, 1.82) is 0 Å². The highest BCUT2D eigenvalue weighted by Gasteiger charge is 2.39. The molecule has 0 aliphatic carbocycles. The van der Waals surface area contributed by atoms with Gasteiger partial charge in [-0.1, -0.05) is 0 Å². The summed E-state index contributed by atoms with van der Waals surface area (Å²) >= 11 is 0.939. The lowest BCUT2D eigenvalue weighted by Crippen LogP contribution is -2.44.